The molecule has 2 aromatic carbocycles. The smallest absolute Gasteiger partial charge is 0.472 e. The highest BCUT2D eigenvalue weighted by Gasteiger charge is 2.41. The van der Waals surface area contributed by atoms with Crippen LogP contribution in [0.25, 0.3) is 0 Å². The molecule has 0 bridgehead atoms. The number of nitrogens with zero attached hydrogens (tertiary/aromatic N) is 4. The van der Waals surface area contributed by atoms with Gasteiger partial charge < -0.3 is 35.5 Å². The zero-order valence-corrected chi connectivity index (χ0v) is 32.7. The maximum absolute atomic E-state index is 13.4. The molecule has 7 N–H and O–H groups in total. The van der Waals surface area contributed by atoms with Crippen molar-refractivity contribution in [3.05, 3.63) is 71.8 Å². The number of benzene rings is 2. The number of carboxylic acid groups (broad SMARTS) is 6. The van der Waals surface area contributed by atoms with Gasteiger partial charge in [-0.05, 0) is 36.8 Å². The Balaban J connectivity index is 1.77. The summed E-state index contributed by atoms with van der Waals surface area (Å²) < 4.78 is 24.4. The van der Waals surface area contributed by atoms with Gasteiger partial charge in [0.15, 0.2) is 0 Å². The molecule has 1 fully saturated rings. The van der Waals surface area contributed by atoms with E-state index in [1.54, 1.807) is 0 Å². The van der Waals surface area contributed by atoms with Crippen LogP contribution in [0.4, 0.5) is 0 Å². The van der Waals surface area contributed by atoms with E-state index >= 15 is 0 Å². The van der Waals surface area contributed by atoms with Gasteiger partial charge in [0.25, 0.3) is 0 Å². The molecular weight excluding hydrogens is 787 g/mol. The largest absolute Gasteiger partial charge is 0.480 e. The lowest BCUT2D eigenvalue weighted by Gasteiger charge is -2.41. The molecule has 320 valence electrons. The average Bonchev–Trinajstić information content (AvgIpc) is 3.13. The molecule has 2 atom stereocenters. The molecule has 2 aromatic rings. The summed E-state index contributed by atoms with van der Waals surface area (Å²) in [5, 5.41) is 56.7. The average molecular weight is 839 g/mol. The van der Waals surface area contributed by atoms with Crippen molar-refractivity contribution >= 4 is 43.6 Å². The van der Waals surface area contributed by atoms with E-state index in [1.165, 1.54) is 9.80 Å². The van der Waals surface area contributed by atoms with Crippen molar-refractivity contribution in [1.29, 1.82) is 0 Å². The lowest BCUT2D eigenvalue weighted by Crippen LogP contribution is -2.52. The van der Waals surface area contributed by atoms with Gasteiger partial charge in [0.1, 0.15) is 0 Å². The maximum Gasteiger partial charge on any atom is 0.472 e. The summed E-state index contributed by atoms with van der Waals surface area (Å²) in [4.78, 5) is 85.0. The fourth-order valence-corrected chi connectivity index (χ4v) is 8.14. The van der Waals surface area contributed by atoms with E-state index in [2.05, 4.69) is 0 Å². The Morgan fingerprint density at radius 3 is 1.41 bits per heavy atom. The van der Waals surface area contributed by atoms with Gasteiger partial charge in [-0.1, -0.05) is 60.7 Å². The van der Waals surface area contributed by atoms with Crippen molar-refractivity contribution in [2.45, 2.75) is 43.2 Å². The maximum atomic E-state index is 13.4. The van der Waals surface area contributed by atoms with Gasteiger partial charge in [-0.15, -0.1) is 0 Å². The number of aliphatic carboxylic acids is 6. The minimum absolute atomic E-state index is 0.144. The SMILES string of the molecule is O=C(O)CN(CCN(CC(=O)O)CC(=O)O)CCN(CC(=O)O)CC(COP(=O)(O)OC1CCC(c2ccccc2)(c2ccccc2)CC1)N(CC(=O)O)CC(=O)O. The van der Waals surface area contributed by atoms with Crippen LogP contribution in [0, 0.1) is 0 Å². The Kier molecular flexibility index (Phi) is 18.8. The van der Waals surface area contributed by atoms with E-state index < -0.39 is 108 Å². The highest BCUT2D eigenvalue weighted by molar-refractivity contribution is 7.47. The van der Waals surface area contributed by atoms with Crippen molar-refractivity contribution in [2.75, 3.05) is 78.6 Å². The van der Waals surface area contributed by atoms with E-state index in [1.807, 2.05) is 60.7 Å². The second-order valence-corrected chi connectivity index (χ2v) is 15.4. The molecule has 21 heteroatoms. The second kappa shape index (κ2) is 23.0. The number of phosphoric ester groups is 1. The predicted octanol–water partition coefficient (Wildman–Crippen LogP) is 1.13. The van der Waals surface area contributed by atoms with Crippen LogP contribution in [0.5, 0.6) is 0 Å². The van der Waals surface area contributed by atoms with Gasteiger partial charge >= 0.3 is 43.6 Å². The van der Waals surface area contributed by atoms with Crippen LogP contribution < -0.4 is 0 Å². The number of hydrogen-bond acceptors (Lipinski definition) is 13. The minimum Gasteiger partial charge on any atom is -0.480 e. The molecule has 0 heterocycles. The summed E-state index contributed by atoms with van der Waals surface area (Å²) in [6, 6.07) is 18.4. The Bertz CT molecular complexity index is 1650. The predicted molar refractivity (Wildman–Crippen MR) is 203 cm³/mol. The normalized spacial score (nSPS) is 15.9. The van der Waals surface area contributed by atoms with Gasteiger partial charge in [0.05, 0.1) is 52.0 Å². The van der Waals surface area contributed by atoms with Gasteiger partial charge in [0.2, 0.25) is 0 Å². The molecule has 58 heavy (non-hydrogen) atoms. The summed E-state index contributed by atoms with van der Waals surface area (Å²) in [5.74, 6) is -8.20. The zero-order chi connectivity index (χ0) is 42.9. The van der Waals surface area contributed by atoms with Crippen LogP contribution in [0.3, 0.4) is 0 Å². The minimum atomic E-state index is -4.88. The van der Waals surface area contributed by atoms with E-state index in [4.69, 9.17) is 19.3 Å². The Hall–Kier alpha value is -4.79. The Morgan fingerprint density at radius 2 is 0.983 bits per heavy atom. The standard InChI is InChI=1S/C37H51N4O16P/c42-31(43)20-38(16-18-40(22-33(46)47)23-34(48)49)15-17-39(21-32(44)45)19-29(41(24-35(50)51)25-36(52)53)26-56-58(54,55)57-30-11-13-37(14-12-30,27-7-3-1-4-8-27)28-9-5-2-6-10-28/h1-10,29-30H,11-26H2,(H,42,43)(H,44,45)(H,46,47)(H,48,49)(H,50,51)(H,52,53)(H,54,55). The Labute approximate surface area is 334 Å². The topological polar surface area (TPSA) is 293 Å². The first-order valence-corrected chi connectivity index (χ1v) is 19.9. The first-order chi connectivity index (χ1) is 27.4. The molecule has 1 aliphatic carbocycles. The van der Waals surface area contributed by atoms with Gasteiger partial charge in [-0.3, -0.25) is 57.4 Å². The molecule has 0 spiro atoms. The summed E-state index contributed by atoms with van der Waals surface area (Å²) >= 11 is 0. The first kappa shape index (κ1) is 47.6. The lowest BCUT2D eigenvalue weighted by atomic mass is 9.65. The second-order valence-electron chi connectivity index (χ2n) is 14.0. The van der Waals surface area contributed by atoms with Crippen molar-refractivity contribution < 1.29 is 77.9 Å². The molecule has 20 nitrogen and oxygen atoms in total. The third-order valence-electron chi connectivity index (χ3n) is 9.71. The summed E-state index contributed by atoms with van der Waals surface area (Å²) in [6.45, 7) is -6.29. The molecule has 0 aromatic heterocycles. The first-order valence-electron chi connectivity index (χ1n) is 18.4. The number of rotatable bonds is 28. The number of phosphoric acid groups is 1. The Morgan fingerprint density at radius 1 is 0.603 bits per heavy atom. The molecule has 0 aliphatic heterocycles. The molecule has 1 aliphatic rings. The molecule has 1 saturated carbocycles. The number of carboxylic acids is 6. The van der Waals surface area contributed by atoms with Crippen molar-refractivity contribution in [1.82, 2.24) is 19.6 Å². The highest BCUT2D eigenvalue weighted by atomic mass is 31.2. The van der Waals surface area contributed by atoms with Crippen LogP contribution in [0.2, 0.25) is 0 Å². The molecule has 0 amide bonds. The van der Waals surface area contributed by atoms with Crippen molar-refractivity contribution in [3.8, 4) is 0 Å². The van der Waals surface area contributed by atoms with E-state index in [-0.39, 0.29) is 31.6 Å². The number of hydrogen-bond donors (Lipinski definition) is 7. The van der Waals surface area contributed by atoms with Crippen molar-refractivity contribution in [2.24, 2.45) is 0 Å². The third-order valence-corrected chi connectivity index (χ3v) is 10.8. The van der Waals surface area contributed by atoms with E-state index in [0.717, 1.165) is 20.9 Å². The fraction of sp³-hybridized carbons (Fsp3) is 0.514. The van der Waals surface area contributed by atoms with E-state index in [9.17, 15) is 58.7 Å². The van der Waals surface area contributed by atoms with Gasteiger partial charge in [-0.2, -0.15) is 0 Å². The van der Waals surface area contributed by atoms with Crippen LogP contribution in [0.15, 0.2) is 60.7 Å². The monoisotopic (exact) mass is 838 g/mol. The lowest BCUT2D eigenvalue weighted by molar-refractivity contribution is -0.145. The van der Waals surface area contributed by atoms with Crippen LogP contribution >= 0.6 is 7.82 Å². The van der Waals surface area contributed by atoms with Crippen LogP contribution in [-0.2, 0) is 47.8 Å². The summed E-state index contributed by atoms with van der Waals surface area (Å²) in [7, 11) is -4.88. The zero-order valence-electron chi connectivity index (χ0n) is 31.8. The van der Waals surface area contributed by atoms with Crippen LogP contribution in [0.1, 0.15) is 36.8 Å². The van der Waals surface area contributed by atoms with Gasteiger partial charge in [0, 0.05) is 44.2 Å². The van der Waals surface area contributed by atoms with Gasteiger partial charge in [-0.25, -0.2) is 4.57 Å². The quantitative estimate of drug-likeness (QED) is 0.0591. The van der Waals surface area contributed by atoms with Crippen LogP contribution in [-0.4, -0.2) is 182 Å². The molecule has 0 radical (unpaired) electrons. The van der Waals surface area contributed by atoms with Crippen molar-refractivity contribution in [3.63, 3.8) is 0 Å². The summed E-state index contributed by atoms with van der Waals surface area (Å²) in [5.41, 5.74) is 1.78. The molecule has 0 saturated heterocycles. The third kappa shape index (κ3) is 16.6. The van der Waals surface area contributed by atoms with E-state index in [0.29, 0.717) is 25.7 Å². The molecule has 3 rings (SSSR count). The fourth-order valence-electron chi connectivity index (χ4n) is 7.13. The highest BCUT2D eigenvalue weighted by Crippen LogP contribution is 2.51. The number of carbonyl (C=O) groups is 6. The molecule has 2 unspecified atom stereocenters. The molecular formula is C37H51N4O16P. The summed E-state index contributed by atoms with van der Waals surface area (Å²) in [6.07, 6.45) is 1.16.